The first-order chi connectivity index (χ1) is 14.0. The van der Waals surface area contributed by atoms with Gasteiger partial charge in [-0.25, -0.2) is 0 Å². The Bertz CT molecular complexity index is 1160. The molecule has 3 heteroatoms. The highest BCUT2D eigenvalue weighted by Crippen LogP contribution is 2.50. The Morgan fingerprint density at radius 2 is 1.72 bits per heavy atom. The van der Waals surface area contributed by atoms with Crippen LogP contribution in [0, 0.1) is 5.41 Å². The molecule has 0 spiro atoms. The number of allylic oxidation sites excluding steroid dienone is 1. The molecule has 1 N–H and O–H groups in total. The van der Waals surface area contributed by atoms with Gasteiger partial charge < -0.3 is 10.1 Å². The number of ketones is 1. The summed E-state index contributed by atoms with van der Waals surface area (Å²) in [7, 11) is 1.68. The minimum absolute atomic E-state index is 0.0101. The summed E-state index contributed by atoms with van der Waals surface area (Å²) in [5, 5.41) is 5.85. The van der Waals surface area contributed by atoms with E-state index >= 15 is 0 Å². The van der Waals surface area contributed by atoms with Crippen LogP contribution in [0.25, 0.3) is 10.8 Å². The van der Waals surface area contributed by atoms with Crippen molar-refractivity contribution in [2.75, 3.05) is 12.4 Å². The smallest absolute Gasteiger partial charge is 0.191 e. The van der Waals surface area contributed by atoms with Crippen molar-refractivity contribution >= 4 is 22.2 Å². The van der Waals surface area contributed by atoms with Crippen LogP contribution >= 0.6 is 0 Å². The standard InChI is InChI=1S/C26H25NO2/c1-26(2)14-20-21(15-26)25(28)23-19-7-5-4-6-16(19)10-13-22(23)27-24(20)17-8-11-18(29-3)12-9-17/h4-13,24,27H,14-15H2,1-3H3. The number of nitrogens with one attached hydrogen (secondary N) is 1. The number of benzene rings is 3. The Hall–Kier alpha value is -3.07. The number of carbonyl (C=O) groups excluding carboxylic acids is 1. The third-order valence-corrected chi connectivity index (χ3v) is 6.24. The number of ether oxygens (including phenoxy) is 1. The van der Waals surface area contributed by atoms with Gasteiger partial charge in [-0.1, -0.05) is 56.3 Å². The number of fused-ring (bicyclic) bond motifs is 3. The van der Waals surface area contributed by atoms with E-state index in [1.54, 1.807) is 7.11 Å². The van der Waals surface area contributed by atoms with Gasteiger partial charge in [0.2, 0.25) is 0 Å². The largest absolute Gasteiger partial charge is 0.497 e. The van der Waals surface area contributed by atoms with E-state index in [0.717, 1.165) is 51.8 Å². The zero-order chi connectivity index (χ0) is 20.2. The number of carbonyl (C=O) groups is 1. The van der Waals surface area contributed by atoms with Crippen LogP contribution in [-0.4, -0.2) is 12.9 Å². The van der Waals surface area contributed by atoms with Crippen molar-refractivity contribution in [3.63, 3.8) is 0 Å². The first kappa shape index (κ1) is 18.0. The predicted octanol–water partition coefficient (Wildman–Crippen LogP) is 6.31. The number of methoxy groups -OCH3 is 1. The van der Waals surface area contributed by atoms with Crippen LogP contribution in [0.2, 0.25) is 0 Å². The average Bonchev–Trinajstić information content (AvgIpc) is 3.01. The summed E-state index contributed by atoms with van der Waals surface area (Å²) in [6, 6.07) is 20.5. The number of rotatable bonds is 2. The van der Waals surface area contributed by atoms with Gasteiger partial charge in [0.25, 0.3) is 0 Å². The molecule has 1 aliphatic carbocycles. The van der Waals surface area contributed by atoms with Gasteiger partial charge in [0.1, 0.15) is 5.75 Å². The van der Waals surface area contributed by atoms with Gasteiger partial charge in [0, 0.05) is 11.3 Å². The third-order valence-electron chi connectivity index (χ3n) is 6.24. The summed E-state index contributed by atoms with van der Waals surface area (Å²) in [6.07, 6.45) is 1.74. The van der Waals surface area contributed by atoms with Crippen molar-refractivity contribution in [2.24, 2.45) is 5.41 Å². The molecule has 1 heterocycles. The maximum absolute atomic E-state index is 13.8. The van der Waals surface area contributed by atoms with Gasteiger partial charge in [-0.3, -0.25) is 4.79 Å². The molecule has 1 atom stereocenters. The van der Waals surface area contributed by atoms with Gasteiger partial charge in [-0.2, -0.15) is 0 Å². The molecule has 1 unspecified atom stereocenters. The summed E-state index contributed by atoms with van der Waals surface area (Å²) in [6.45, 7) is 4.51. The van der Waals surface area contributed by atoms with E-state index in [-0.39, 0.29) is 17.2 Å². The van der Waals surface area contributed by atoms with Crippen molar-refractivity contribution in [1.29, 1.82) is 0 Å². The fourth-order valence-electron chi connectivity index (χ4n) is 4.89. The number of hydrogen-bond donors (Lipinski definition) is 1. The second-order valence-corrected chi connectivity index (χ2v) is 8.91. The summed E-state index contributed by atoms with van der Waals surface area (Å²) in [5.74, 6) is 1.02. The van der Waals surface area contributed by atoms with E-state index in [9.17, 15) is 4.79 Å². The Kier molecular flexibility index (Phi) is 4.02. The normalized spacial score (nSPS) is 20.1. The van der Waals surface area contributed by atoms with Crippen molar-refractivity contribution < 1.29 is 9.53 Å². The van der Waals surface area contributed by atoms with Crippen molar-refractivity contribution in [3.05, 3.63) is 82.9 Å². The Labute approximate surface area is 171 Å². The molecule has 3 nitrogen and oxygen atoms in total. The fourth-order valence-corrected chi connectivity index (χ4v) is 4.89. The SMILES string of the molecule is COc1ccc(C2Nc3ccc4ccccc4c3C(=O)C3=C2CC(C)(C)C3)cc1. The van der Waals surface area contributed by atoms with Crippen LogP contribution in [-0.2, 0) is 0 Å². The van der Waals surface area contributed by atoms with E-state index in [1.165, 1.54) is 5.57 Å². The van der Waals surface area contributed by atoms with Crippen molar-refractivity contribution in [2.45, 2.75) is 32.7 Å². The highest BCUT2D eigenvalue weighted by Gasteiger charge is 2.40. The van der Waals surface area contributed by atoms with Gasteiger partial charge >= 0.3 is 0 Å². The summed E-state index contributed by atoms with van der Waals surface area (Å²) < 4.78 is 5.34. The second-order valence-electron chi connectivity index (χ2n) is 8.91. The van der Waals surface area contributed by atoms with Crippen LogP contribution in [0.4, 0.5) is 5.69 Å². The molecule has 3 aromatic carbocycles. The topological polar surface area (TPSA) is 38.3 Å². The molecule has 0 radical (unpaired) electrons. The van der Waals surface area contributed by atoms with Gasteiger partial charge in [0.05, 0.1) is 18.7 Å². The average molecular weight is 383 g/mol. The monoisotopic (exact) mass is 383 g/mol. The van der Waals surface area contributed by atoms with Crippen LogP contribution in [0.1, 0.15) is 48.7 Å². The van der Waals surface area contributed by atoms with E-state index < -0.39 is 0 Å². The first-order valence-electron chi connectivity index (χ1n) is 10.2. The summed E-state index contributed by atoms with van der Waals surface area (Å²) >= 11 is 0. The quantitative estimate of drug-likeness (QED) is 0.563. The number of hydrogen-bond acceptors (Lipinski definition) is 3. The van der Waals surface area contributed by atoms with Gasteiger partial charge in [-0.05, 0) is 58.4 Å². The molecule has 3 aromatic rings. The molecule has 29 heavy (non-hydrogen) atoms. The lowest BCUT2D eigenvalue weighted by Gasteiger charge is -2.25. The van der Waals surface area contributed by atoms with Crippen LogP contribution in [0.3, 0.4) is 0 Å². The van der Waals surface area contributed by atoms with Crippen molar-refractivity contribution in [1.82, 2.24) is 0 Å². The maximum atomic E-state index is 13.8. The predicted molar refractivity (Wildman–Crippen MR) is 118 cm³/mol. The second kappa shape index (κ2) is 6.48. The number of Topliss-reactive ketones (excluding diaryl/α,β-unsaturated/α-hetero) is 1. The zero-order valence-electron chi connectivity index (χ0n) is 17.1. The maximum Gasteiger partial charge on any atom is 0.191 e. The molecule has 0 aromatic heterocycles. The molecule has 2 aliphatic rings. The van der Waals surface area contributed by atoms with E-state index in [0.29, 0.717) is 0 Å². The zero-order valence-corrected chi connectivity index (χ0v) is 17.1. The lowest BCUT2D eigenvalue weighted by atomic mass is 9.86. The fraction of sp³-hybridized carbons (Fsp3) is 0.269. The highest BCUT2D eigenvalue weighted by molar-refractivity contribution is 6.21. The Morgan fingerprint density at radius 3 is 2.48 bits per heavy atom. The van der Waals surface area contributed by atoms with Crippen LogP contribution < -0.4 is 10.1 Å². The molecule has 5 rings (SSSR count). The van der Waals surface area contributed by atoms with E-state index in [2.05, 4.69) is 55.6 Å². The lowest BCUT2D eigenvalue weighted by molar-refractivity contribution is 0.103. The molecule has 146 valence electrons. The van der Waals surface area contributed by atoms with Gasteiger partial charge in [-0.15, -0.1) is 0 Å². The minimum Gasteiger partial charge on any atom is -0.497 e. The van der Waals surface area contributed by atoms with E-state index in [4.69, 9.17) is 4.74 Å². The third kappa shape index (κ3) is 2.93. The first-order valence-corrected chi connectivity index (χ1v) is 10.2. The summed E-state index contributed by atoms with van der Waals surface area (Å²) in [5.41, 5.74) is 5.19. The van der Waals surface area contributed by atoms with Gasteiger partial charge in [0.15, 0.2) is 5.78 Å². The Balaban J connectivity index is 1.72. The van der Waals surface area contributed by atoms with Crippen molar-refractivity contribution in [3.8, 4) is 5.75 Å². The summed E-state index contributed by atoms with van der Waals surface area (Å²) in [4.78, 5) is 13.8. The molecule has 1 aliphatic heterocycles. The molecule has 0 amide bonds. The molecule has 0 saturated carbocycles. The molecular weight excluding hydrogens is 358 g/mol. The van der Waals surface area contributed by atoms with Crippen LogP contribution in [0.15, 0.2) is 71.8 Å². The lowest BCUT2D eigenvalue weighted by Crippen LogP contribution is -2.16. The molecule has 0 fully saturated rings. The molecular formula is C26H25NO2. The highest BCUT2D eigenvalue weighted by atomic mass is 16.5. The van der Waals surface area contributed by atoms with Crippen LogP contribution in [0.5, 0.6) is 5.75 Å². The molecule has 0 bridgehead atoms. The molecule has 0 saturated heterocycles. The Morgan fingerprint density at radius 1 is 0.966 bits per heavy atom. The minimum atomic E-state index is -0.0101. The van der Waals surface area contributed by atoms with E-state index in [1.807, 2.05) is 24.3 Å². The number of anilines is 1.